The summed E-state index contributed by atoms with van der Waals surface area (Å²) in [6.07, 6.45) is 0. The molecule has 1 amide bonds. The van der Waals surface area contributed by atoms with Gasteiger partial charge in [0.1, 0.15) is 23.3 Å². The summed E-state index contributed by atoms with van der Waals surface area (Å²) in [6.45, 7) is 4.21. The molecular weight excluding hydrogens is 420 g/mol. The minimum absolute atomic E-state index is 0.00909. The molecule has 10 heteroatoms. The summed E-state index contributed by atoms with van der Waals surface area (Å²) < 4.78 is 20.7. The fourth-order valence-electron chi connectivity index (χ4n) is 4.05. The minimum atomic E-state index is -2.02. The van der Waals surface area contributed by atoms with E-state index in [1.54, 1.807) is 38.1 Å². The summed E-state index contributed by atoms with van der Waals surface area (Å²) in [6, 6.07) is 6.39. The summed E-state index contributed by atoms with van der Waals surface area (Å²) in [5.74, 6) is -3.43. The first-order chi connectivity index (χ1) is 15.2. The van der Waals surface area contributed by atoms with Crippen molar-refractivity contribution < 1.29 is 38.1 Å². The lowest BCUT2D eigenvalue weighted by atomic mass is 9.67. The number of hydrogen-bond donors (Lipinski definition) is 1. The highest BCUT2D eigenvalue weighted by atomic mass is 16.5. The van der Waals surface area contributed by atoms with Crippen LogP contribution in [0, 0.1) is 0 Å². The molecular formula is C22H24N2O8. The number of methoxy groups -OCH3 is 1. The molecule has 1 unspecified atom stereocenters. The summed E-state index contributed by atoms with van der Waals surface area (Å²) in [7, 11) is 1.18. The second-order valence-corrected chi connectivity index (χ2v) is 6.96. The maximum Gasteiger partial charge on any atom is 0.341 e. The van der Waals surface area contributed by atoms with Crippen molar-refractivity contribution in [2.24, 2.45) is 5.73 Å². The van der Waals surface area contributed by atoms with Crippen LogP contribution < -0.4 is 10.5 Å². The van der Waals surface area contributed by atoms with Gasteiger partial charge < -0.3 is 29.6 Å². The number of nitrogens with two attached hydrogens (primary N) is 1. The van der Waals surface area contributed by atoms with Gasteiger partial charge in [-0.15, -0.1) is 0 Å². The molecule has 0 aromatic heterocycles. The van der Waals surface area contributed by atoms with Crippen LogP contribution in [0.5, 0.6) is 5.75 Å². The van der Waals surface area contributed by atoms with Crippen molar-refractivity contribution >= 4 is 23.8 Å². The van der Waals surface area contributed by atoms with E-state index in [4.69, 9.17) is 24.7 Å². The van der Waals surface area contributed by atoms with Crippen LogP contribution in [0.2, 0.25) is 0 Å². The molecule has 2 aliphatic rings. The number of para-hydroxylation sites is 1. The maximum atomic E-state index is 14.0. The number of nitrogens with zero attached hydrogens (tertiary/aromatic N) is 1. The summed E-state index contributed by atoms with van der Waals surface area (Å²) >= 11 is 0. The van der Waals surface area contributed by atoms with Crippen molar-refractivity contribution in [3.8, 4) is 5.75 Å². The predicted octanol–water partition coefficient (Wildman–Crippen LogP) is 0.902. The van der Waals surface area contributed by atoms with Gasteiger partial charge in [0.05, 0.1) is 25.9 Å². The van der Waals surface area contributed by atoms with E-state index < -0.39 is 35.8 Å². The molecule has 2 N–H and O–H groups in total. The van der Waals surface area contributed by atoms with Gasteiger partial charge >= 0.3 is 17.9 Å². The molecule has 2 heterocycles. The number of hydrogen-bond acceptors (Lipinski definition) is 9. The van der Waals surface area contributed by atoms with Crippen LogP contribution in [-0.2, 0) is 38.8 Å². The summed E-state index contributed by atoms with van der Waals surface area (Å²) in [4.78, 5) is 53.4. The molecule has 170 valence electrons. The zero-order chi connectivity index (χ0) is 23.6. The number of allylic oxidation sites excluding steroid dienone is 1. The first kappa shape index (κ1) is 22.9. The van der Waals surface area contributed by atoms with Crippen LogP contribution in [0.25, 0.3) is 0 Å². The van der Waals surface area contributed by atoms with E-state index in [1.807, 2.05) is 0 Å². The third kappa shape index (κ3) is 3.28. The first-order valence-electron chi connectivity index (χ1n) is 9.97. The number of carbonyl (C=O) groups excluding carboxylic acids is 4. The fourth-order valence-corrected chi connectivity index (χ4v) is 4.05. The van der Waals surface area contributed by atoms with Crippen molar-refractivity contribution in [2.45, 2.75) is 26.2 Å². The molecule has 2 aliphatic heterocycles. The van der Waals surface area contributed by atoms with Crippen LogP contribution in [0.1, 0.15) is 26.3 Å². The number of benzene rings is 1. The van der Waals surface area contributed by atoms with Gasteiger partial charge in [0.25, 0.3) is 0 Å². The largest absolute Gasteiger partial charge is 0.468 e. The number of rotatable bonds is 6. The quantitative estimate of drug-likeness (QED) is 0.501. The van der Waals surface area contributed by atoms with Crippen molar-refractivity contribution in [3.63, 3.8) is 0 Å². The molecule has 0 fully saturated rings. The van der Waals surface area contributed by atoms with E-state index in [9.17, 15) is 19.2 Å². The second kappa shape index (κ2) is 8.74. The molecule has 0 aliphatic carbocycles. The Bertz CT molecular complexity index is 1060. The molecule has 10 nitrogen and oxygen atoms in total. The number of fused-ring (bicyclic) bond motifs is 2. The predicted molar refractivity (Wildman–Crippen MR) is 110 cm³/mol. The van der Waals surface area contributed by atoms with Crippen molar-refractivity contribution in [1.82, 2.24) is 4.90 Å². The topological polar surface area (TPSA) is 134 Å². The van der Waals surface area contributed by atoms with Gasteiger partial charge in [-0.2, -0.15) is 0 Å². The molecule has 3 rings (SSSR count). The highest BCUT2D eigenvalue weighted by Crippen LogP contribution is 2.54. The van der Waals surface area contributed by atoms with Crippen molar-refractivity contribution in [2.75, 3.05) is 26.9 Å². The van der Waals surface area contributed by atoms with Gasteiger partial charge in [-0.05, 0) is 26.8 Å². The lowest BCUT2D eigenvalue weighted by Gasteiger charge is -2.36. The van der Waals surface area contributed by atoms with Crippen LogP contribution in [0.15, 0.2) is 47.0 Å². The van der Waals surface area contributed by atoms with Crippen molar-refractivity contribution in [3.05, 3.63) is 52.6 Å². The molecule has 0 bridgehead atoms. The smallest absolute Gasteiger partial charge is 0.341 e. The Morgan fingerprint density at radius 2 is 1.66 bits per heavy atom. The lowest BCUT2D eigenvalue weighted by molar-refractivity contribution is -0.147. The Hall–Kier alpha value is -3.82. The Balaban J connectivity index is 2.40. The fraction of sp³-hybridized carbons (Fsp3) is 0.364. The average molecular weight is 444 g/mol. The monoisotopic (exact) mass is 444 g/mol. The first-order valence-corrected chi connectivity index (χ1v) is 9.97. The van der Waals surface area contributed by atoms with Gasteiger partial charge in [-0.1, -0.05) is 18.2 Å². The SMILES string of the molecule is CCOC(=O)C1=C(N)Oc2ccccc2C12C(=O)N(CC(=O)OC)C(C)=C2C(=O)OCC. The zero-order valence-electron chi connectivity index (χ0n) is 18.2. The van der Waals surface area contributed by atoms with Gasteiger partial charge in [0, 0.05) is 11.3 Å². The van der Waals surface area contributed by atoms with Crippen LogP contribution in [0.4, 0.5) is 0 Å². The average Bonchev–Trinajstić information content (AvgIpc) is 2.96. The Morgan fingerprint density at radius 1 is 1.06 bits per heavy atom. The molecule has 0 saturated heterocycles. The number of ether oxygens (including phenoxy) is 4. The van der Waals surface area contributed by atoms with E-state index in [1.165, 1.54) is 14.0 Å². The molecule has 0 radical (unpaired) electrons. The standard InChI is InChI=1S/C22H24N2O8/c1-5-30-19(26)16-12(3)24(11-15(25)29-4)21(28)22(16)13-9-7-8-10-14(13)32-18(23)17(22)20(27)31-6-2/h7-10H,5-6,11,23H2,1-4H3. The Kier molecular flexibility index (Phi) is 6.24. The highest BCUT2D eigenvalue weighted by Gasteiger charge is 2.64. The third-order valence-corrected chi connectivity index (χ3v) is 5.31. The van der Waals surface area contributed by atoms with Gasteiger partial charge in [-0.3, -0.25) is 9.59 Å². The molecule has 32 heavy (non-hydrogen) atoms. The van der Waals surface area contributed by atoms with Crippen LogP contribution >= 0.6 is 0 Å². The van der Waals surface area contributed by atoms with Crippen LogP contribution in [0.3, 0.4) is 0 Å². The Labute approximate surface area is 184 Å². The number of amides is 1. The number of carbonyl (C=O) groups is 4. The summed E-state index contributed by atoms with van der Waals surface area (Å²) in [5, 5.41) is 0. The van der Waals surface area contributed by atoms with Crippen molar-refractivity contribution in [1.29, 1.82) is 0 Å². The third-order valence-electron chi connectivity index (χ3n) is 5.31. The normalized spacial score (nSPS) is 19.6. The van der Waals surface area contributed by atoms with Gasteiger partial charge in [0.2, 0.25) is 11.8 Å². The van der Waals surface area contributed by atoms with Gasteiger partial charge in [0.15, 0.2) is 0 Å². The van der Waals surface area contributed by atoms with Gasteiger partial charge in [-0.25, -0.2) is 9.59 Å². The Morgan fingerprint density at radius 3 is 2.25 bits per heavy atom. The summed E-state index contributed by atoms with van der Waals surface area (Å²) in [5.41, 5.74) is 3.94. The molecule has 1 aromatic carbocycles. The van der Waals surface area contributed by atoms with Crippen LogP contribution in [-0.4, -0.2) is 55.6 Å². The molecule has 1 spiro atoms. The minimum Gasteiger partial charge on any atom is -0.468 e. The highest BCUT2D eigenvalue weighted by molar-refractivity contribution is 6.17. The van der Waals surface area contributed by atoms with E-state index in [0.29, 0.717) is 0 Å². The molecule has 1 atom stereocenters. The zero-order valence-corrected chi connectivity index (χ0v) is 18.2. The van der Waals surface area contributed by atoms with E-state index >= 15 is 0 Å². The maximum absolute atomic E-state index is 14.0. The van der Waals surface area contributed by atoms with E-state index in [2.05, 4.69) is 0 Å². The molecule has 1 aromatic rings. The lowest BCUT2D eigenvalue weighted by Crippen LogP contribution is -2.50. The number of esters is 3. The van der Waals surface area contributed by atoms with E-state index in [0.717, 1.165) is 4.90 Å². The molecule has 0 saturated carbocycles. The van der Waals surface area contributed by atoms with E-state index in [-0.39, 0.29) is 47.3 Å². The second-order valence-electron chi connectivity index (χ2n) is 6.96.